The lowest BCUT2D eigenvalue weighted by molar-refractivity contribution is -0.167. The number of aromatic nitrogens is 2. The van der Waals surface area contributed by atoms with E-state index >= 15 is 0 Å². The van der Waals surface area contributed by atoms with E-state index in [4.69, 9.17) is 9.15 Å². The van der Waals surface area contributed by atoms with Crippen molar-refractivity contribution in [2.24, 2.45) is 0 Å². The van der Waals surface area contributed by atoms with Crippen molar-refractivity contribution in [2.75, 3.05) is 17.7 Å². The number of ether oxygens (including phenoxy) is 1. The van der Waals surface area contributed by atoms with E-state index in [-0.39, 0.29) is 23.2 Å². The number of amides is 2. The summed E-state index contributed by atoms with van der Waals surface area (Å²) in [6, 6.07) is 11.6. The van der Waals surface area contributed by atoms with Crippen LogP contribution < -0.4 is 15.4 Å². The first-order chi connectivity index (χ1) is 13.8. The van der Waals surface area contributed by atoms with Crippen molar-refractivity contribution in [3.8, 4) is 17.2 Å². The van der Waals surface area contributed by atoms with Gasteiger partial charge in [-0.2, -0.15) is 13.2 Å². The molecular formula is C18H13F3N4O4. The van der Waals surface area contributed by atoms with Crippen molar-refractivity contribution >= 4 is 23.5 Å². The van der Waals surface area contributed by atoms with E-state index in [2.05, 4.69) is 15.5 Å². The monoisotopic (exact) mass is 406 g/mol. The van der Waals surface area contributed by atoms with Crippen LogP contribution in [-0.4, -0.2) is 35.3 Å². The minimum Gasteiger partial charge on any atom is -0.497 e. The Bertz CT molecular complexity index is 1030. The van der Waals surface area contributed by atoms with Crippen LogP contribution in [0.5, 0.6) is 5.75 Å². The number of benzene rings is 2. The summed E-state index contributed by atoms with van der Waals surface area (Å²) in [5.41, 5.74) is 0.0353. The van der Waals surface area contributed by atoms with Crippen LogP contribution in [0, 0.1) is 0 Å². The van der Waals surface area contributed by atoms with Crippen LogP contribution in [0.25, 0.3) is 11.5 Å². The number of hydrogen-bond donors (Lipinski definition) is 2. The summed E-state index contributed by atoms with van der Waals surface area (Å²) >= 11 is 0. The van der Waals surface area contributed by atoms with E-state index in [1.807, 2.05) is 0 Å². The zero-order valence-corrected chi connectivity index (χ0v) is 14.8. The number of carbonyl (C=O) groups excluding carboxylic acids is 2. The maximum atomic E-state index is 12.5. The van der Waals surface area contributed by atoms with E-state index < -0.39 is 18.0 Å². The lowest BCUT2D eigenvalue weighted by atomic mass is 10.1. The summed E-state index contributed by atoms with van der Waals surface area (Å²) in [5.74, 6) is -2.30. The van der Waals surface area contributed by atoms with E-state index in [1.165, 1.54) is 25.3 Å². The standard InChI is InChI=1S/C18H13F3N4O4/c1-28-11-8-6-10(7-9-11)15-24-25-17(29-15)23-14(26)12-4-2-3-5-13(12)22-16(27)18(19,20)21/h2-9H,1H3,(H,22,27)(H,23,25,26). The smallest absolute Gasteiger partial charge is 0.471 e. The Kier molecular flexibility index (Phi) is 5.48. The molecule has 3 aromatic rings. The summed E-state index contributed by atoms with van der Waals surface area (Å²) in [4.78, 5) is 23.6. The number of methoxy groups -OCH3 is 1. The van der Waals surface area contributed by atoms with Gasteiger partial charge in [0, 0.05) is 5.56 Å². The van der Waals surface area contributed by atoms with Gasteiger partial charge in [-0.15, -0.1) is 5.10 Å². The van der Waals surface area contributed by atoms with Crippen LogP contribution in [0.1, 0.15) is 10.4 Å². The Morgan fingerprint density at radius 3 is 2.34 bits per heavy atom. The number of halogens is 3. The molecule has 0 fully saturated rings. The molecule has 0 radical (unpaired) electrons. The fourth-order valence-corrected chi connectivity index (χ4v) is 2.27. The molecule has 0 unspecified atom stereocenters. The fraction of sp³-hybridized carbons (Fsp3) is 0.111. The molecule has 0 saturated carbocycles. The Morgan fingerprint density at radius 2 is 1.69 bits per heavy atom. The third kappa shape index (κ3) is 4.69. The molecule has 0 saturated heterocycles. The average Bonchev–Trinajstić information content (AvgIpc) is 3.16. The highest BCUT2D eigenvalue weighted by atomic mass is 19.4. The highest BCUT2D eigenvalue weighted by molar-refractivity contribution is 6.09. The zero-order chi connectivity index (χ0) is 21.0. The van der Waals surface area contributed by atoms with Crippen molar-refractivity contribution in [3.05, 3.63) is 54.1 Å². The number of hydrogen-bond acceptors (Lipinski definition) is 6. The second kappa shape index (κ2) is 8.00. The summed E-state index contributed by atoms with van der Waals surface area (Å²) < 4.78 is 47.8. The SMILES string of the molecule is COc1ccc(-c2nnc(NC(=O)c3ccccc3NC(=O)C(F)(F)F)o2)cc1. The van der Waals surface area contributed by atoms with E-state index in [0.29, 0.717) is 11.3 Å². The molecule has 150 valence electrons. The van der Waals surface area contributed by atoms with Gasteiger partial charge in [0.1, 0.15) is 5.75 Å². The molecule has 11 heteroatoms. The summed E-state index contributed by atoms with van der Waals surface area (Å²) in [6.45, 7) is 0. The van der Waals surface area contributed by atoms with Crippen molar-refractivity contribution in [1.29, 1.82) is 0 Å². The van der Waals surface area contributed by atoms with Crippen LogP contribution >= 0.6 is 0 Å². The molecule has 0 aliphatic rings. The van der Waals surface area contributed by atoms with Gasteiger partial charge in [0.15, 0.2) is 0 Å². The highest BCUT2D eigenvalue weighted by Gasteiger charge is 2.39. The number of alkyl halides is 3. The molecule has 0 bridgehead atoms. The van der Waals surface area contributed by atoms with Gasteiger partial charge in [-0.1, -0.05) is 17.2 Å². The summed E-state index contributed by atoms with van der Waals surface area (Å²) in [6.07, 6.45) is -5.09. The molecule has 3 rings (SSSR count). The van der Waals surface area contributed by atoms with Gasteiger partial charge in [0.05, 0.1) is 18.4 Å². The lowest BCUT2D eigenvalue weighted by Crippen LogP contribution is -2.31. The molecule has 1 aromatic heterocycles. The topological polar surface area (TPSA) is 106 Å². The first-order valence-corrected chi connectivity index (χ1v) is 8.04. The molecular weight excluding hydrogens is 393 g/mol. The second-order valence-electron chi connectivity index (χ2n) is 5.59. The molecule has 0 aliphatic heterocycles. The summed E-state index contributed by atoms with van der Waals surface area (Å²) in [7, 11) is 1.52. The Balaban J connectivity index is 1.76. The Hall–Kier alpha value is -3.89. The average molecular weight is 406 g/mol. The zero-order valence-electron chi connectivity index (χ0n) is 14.8. The molecule has 8 nitrogen and oxygen atoms in total. The number of carbonyl (C=O) groups is 2. The van der Waals surface area contributed by atoms with Crippen molar-refractivity contribution in [1.82, 2.24) is 10.2 Å². The van der Waals surface area contributed by atoms with Gasteiger partial charge in [-0.05, 0) is 36.4 Å². The molecule has 29 heavy (non-hydrogen) atoms. The van der Waals surface area contributed by atoms with E-state index in [1.54, 1.807) is 29.6 Å². The third-order valence-electron chi connectivity index (χ3n) is 3.66. The molecule has 2 amide bonds. The maximum absolute atomic E-state index is 12.5. The van der Waals surface area contributed by atoms with Gasteiger partial charge in [-0.3, -0.25) is 14.9 Å². The summed E-state index contributed by atoms with van der Waals surface area (Å²) in [5, 5.41) is 11.4. The Morgan fingerprint density at radius 1 is 1.00 bits per heavy atom. The van der Waals surface area contributed by atoms with Crippen molar-refractivity contribution in [3.63, 3.8) is 0 Å². The van der Waals surface area contributed by atoms with Crippen molar-refractivity contribution in [2.45, 2.75) is 6.18 Å². The molecule has 2 aromatic carbocycles. The molecule has 0 aliphatic carbocycles. The Labute approximate surface area is 161 Å². The number of para-hydroxylation sites is 1. The first-order valence-electron chi connectivity index (χ1n) is 8.04. The van der Waals surface area contributed by atoms with Crippen LogP contribution in [-0.2, 0) is 4.79 Å². The molecule has 0 spiro atoms. The van der Waals surface area contributed by atoms with E-state index in [0.717, 1.165) is 6.07 Å². The van der Waals surface area contributed by atoms with E-state index in [9.17, 15) is 22.8 Å². The second-order valence-corrected chi connectivity index (χ2v) is 5.59. The van der Waals surface area contributed by atoms with Gasteiger partial charge >= 0.3 is 18.1 Å². The number of anilines is 2. The third-order valence-corrected chi connectivity index (χ3v) is 3.66. The van der Waals surface area contributed by atoms with Crippen LogP contribution in [0.3, 0.4) is 0 Å². The number of rotatable bonds is 5. The van der Waals surface area contributed by atoms with Gasteiger partial charge < -0.3 is 14.5 Å². The molecule has 0 atom stereocenters. The quantitative estimate of drug-likeness (QED) is 0.672. The van der Waals surface area contributed by atoms with Gasteiger partial charge in [-0.25, -0.2) is 0 Å². The highest BCUT2D eigenvalue weighted by Crippen LogP contribution is 2.24. The normalized spacial score (nSPS) is 11.0. The number of nitrogens with one attached hydrogen (secondary N) is 2. The predicted molar refractivity (Wildman–Crippen MR) is 95.4 cm³/mol. The predicted octanol–water partition coefficient (Wildman–Crippen LogP) is 3.50. The van der Waals surface area contributed by atoms with Crippen molar-refractivity contribution < 1.29 is 31.9 Å². The minimum absolute atomic E-state index is 0.113. The fourth-order valence-electron chi connectivity index (χ4n) is 2.27. The van der Waals surface area contributed by atoms with Crippen LogP contribution in [0.4, 0.5) is 24.9 Å². The molecule has 2 N–H and O–H groups in total. The largest absolute Gasteiger partial charge is 0.497 e. The number of nitrogens with zero attached hydrogens (tertiary/aromatic N) is 2. The molecule has 1 heterocycles. The lowest BCUT2D eigenvalue weighted by Gasteiger charge is -2.11. The van der Waals surface area contributed by atoms with Crippen LogP contribution in [0.2, 0.25) is 0 Å². The maximum Gasteiger partial charge on any atom is 0.471 e. The minimum atomic E-state index is -5.09. The van der Waals surface area contributed by atoms with Gasteiger partial charge in [0.25, 0.3) is 5.91 Å². The first kappa shape index (κ1) is 19.9. The van der Waals surface area contributed by atoms with Crippen LogP contribution in [0.15, 0.2) is 52.9 Å². The van der Waals surface area contributed by atoms with Gasteiger partial charge in [0.2, 0.25) is 5.89 Å².